The maximum Gasteiger partial charge on any atom is 0.407 e. The molecule has 0 aromatic heterocycles. The van der Waals surface area contributed by atoms with E-state index in [-0.39, 0.29) is 11.8 Å². The SMILES string of the molecule is C#CCCNC(=O)C(NC(=O)OC)C1CCOCC1. The van der Waals surface area contributed by atoms with E-state index in [4.69, 9.17) is 11.2 Å². The molecule has 1 rings (SSSR count). The van der Waals surface area contributed by atoms with Crippen LogP contribution in [0.3, 0.4) is 0 Å². The molecule has 0 aliphatic carbocycles. The van der Waals surface area contributed by atoms with Crippen LogP contribution in [0.25, 0.3) is 0 Å². The van der Waals surface area contributed by atoms with E-state index in [1.807, 2.05) is 0 Å². The number of rotatable bonds is 5. The van der Waals surface area contributed by atoms with Gasteiger partial charge in [0.05, 0.1) is 7.11 Å². The molecule has 1 fully saturated rings. The summed E-state index contributed by atoms with van der Waals surface area (Å²) >= 11 is 0. The molecule has 1 aliphatic rings. The fourth-order valence-corrected chi connectivity index (χ4v) is 2.00. The third kappa shape index (κ3) is 5.18. The molecule has 2 amide bonds. The summed E-state index contributed by atoms with van der Waals surface area (Å²) in [5.74, 6) is 2.27. The van der Waals surface area contributed by atoms with E-state index in [9.17, 15) is 9.59 Å². The van der Waals surface area contributed by atoms with Gasteiger partial charge in [-0.2, -0.15) is 0 Å². The molecule has 0 aromatic rings. The van der Waals surface area contributed by atoms with Crippen molar-refractivity contribution in [1.29, 1.82) is 0 Å². The second-order valence-electron chi connectivity index (χ2n) is 4.31. The van der Waals surface area contributed by atoms with Crippen LogP contribution in [-0.4, -0.2) is 44.9 Å². The fourth-order valence-electron chi connectivity index (χ4n) is 2.00. The highest BCUT2D eigenvalue weighted by atomic mass is 16.5. The molecule has 1 unspecified atom stereocenters. The van der Waals surface area contributed by atoms with Crippen LogP contribution in [-0.2, 0) is 14.3 Å². The highest BCUT2D eigenvalue weighted by molar-refractivity contribution is 5.85. The number of hydrogen-bond acceptors (Lipinski definition) is 4. The van der Waals surface area contributed by atoms with Crippen molar-refractivity contribution in [2.75, 3.05) is 26.9 Å². The van der Waals surface area contributed by atoms with Gasteiger partial charge in [0.15, 0.2) is 0 Å². The Bertz CT molecular complexity index is 345. The van der Waals surface area contributed by atoms with E-state index in [1.54, 1.807) is 0 Å². The van der Waals surface area contributed by atoms with Crippen LogP contribution in [0.15, 0.2) is 0 Å². The molecular formula is C13H20N2O4. The normalized spacial score (nSPS) is 17.1. The lowest BCUT2D eigenvalue weighted by atomic mass is 9.91. The number of carbonyl (C=O) groups is 2. The standard InChI is InChI=1S/C13H20N2O4/c1-3-4-7-14-12(16)11(15-13(17)18-2)10-5-8-19-9-6-10/h1,10-11H,4-9H2,2H3,(H,14,16)(H,15,17). The van der Waals surface area contributed by atoms with Crippen molar-refractivity contribution in [3.8, 4) is 12.3 Å². The molecule has 1 heterocycles. The predicted molar refractivity (Wildman–Crippen MR) is 69.3 cm³/mol. The van der Waals surface area contributed by atoms with E-state index in [2.05, 4.69) is 21.3 Å². The number of terminal acetylenes is 1. The Labute approximate surface area is 113 Å². The molecule has 1 aliphatic heterocycles. The molecule has 6 heteroatoms. The molecule has 6 nitrogen and oxygen atoms in total. The number of carbonyl (C=O) groups excluding carboxylic acids is 2. The van der Waals surface area contributed by atoms with E-state index in [0.29, 0.717) is 26.2 Å². The lowest BCUT2D eigenvalue weighted by Crippen LogP contribution is -2.52. The van der Waals surface area contributed by atoms with E-state index in [0.717, 1.165) is 12.8 Å². The number of hydrogen-bond donors (Lipinski definition) is 2. The van der Waals surface area contributed by atoms with Crippen molar-refractivity contribution >= 4 is 12.0 Å². The van der Waals surface area contributed by atoms with Crippen LogP contribution in [0.5, 0.6) is 0 Å². The summed E-state index contributed by atoms with van der Waals surface area (Å²) in [4.78, 5) is 23.4. The summed E-state index contributed by atoms with van der Waals surface area (Å²) < 4.78 is 9.81. The Balaban J connectivity index is 2.59. The third-order valence-corrected chi connectivity index (χ3v) is 3.05. The first kappa shape index (κ1) is 15.3. The highest BCUT2D eigenvalue weighted by Crippen LogP contribution is 2.19. The van der Waals surface area contributed by atoms with Gasteiger partial charge in [-0.1, -0.05) is 0 Å². The van der Waals surface area contributed by atoms with Crippen LogP contribution in [0.4, 0.5) is 4.79 Å². The molecule has 1 saturated heterocycles. The van der Waals surface area contributed by atoms with Crippen molar-refractivity contribution < 1.29 is 19.1 Å². The Kier molecular flexibility index (Phi) is 6.75. The summed E-state index contributed by atoms with van der Waals surface area (Å²) in [5.41, 5.74) is 0. The van der Waals surface area contributed by atoms with Crippen molar-refractivity contribution in [1.82, 2.24) is 10.6 Å². The van der Waals surface area contributed by atoms with Crippen LogP contribution in [0, 0.1) is 18.3 Å². The number of nitrogens with one attached hydrogen (secondary N) is 2. The minimum Gasteiger partial charge on any atom is -0.453 e. The molecule has 1 atom stereocenters. The average Bonchev–Trinajstić information content (AvgIpc) is 2.45. The quantitative estimate of drug-likeness (QED) is 0.554. The topological polar surface area (TPSA) is 76.7 Å². The Morgan fingerprint density at radius 3 is 2.74 bits per heavy atom. The van der Waals surface area contributed by atoms with E-state index < -0.39 is 12.1 Å². The molecular weight excluding hydrogens is 248 g/mol. The second-order valence-corrected chi connectivity index (χ2v) is 4.31. The highest BCUT2D eigenvalue weighted by Gasteiger charge is 2.31. The molecule has 0 bridgehead atoms. The van der Waals surface area contributed by atoms with Crippen LogP contribution in [0.1, 0.15) is 19.3 Å². The Hall–Kier alpha value is -1.74. The summed E-state index contributed by atoms with van der Waals surface area (Å²) in [6.45, 7) is 1.60. The Morgan fingerprint density at radius 1 is 1.47 bits per heavy atom. The zero-order valence-electron chi connectivity index (χ0n) is 11.1. The minimum absolute atomic E-state index is 0.0543. The van der Waals surface area contributed by atoms with Gasteiger partial charge in [0.2, 0.25) is 5.91 Å². The molecule has 19 heavy (non-hydrogen) atoms. The fraction of sp³-hybridized carbons (Fsp3) is 0.692. The lowest BCUT2D eigenvalue weighted by Gasteiger charge is -2.29. The predicted octanol–water partition coefficient (Wildman–Crippen LogP) is 0.277. The molecule has 0 aromatic carbocycles. The van der Waals surface area contributed by atoms with Crippen molar-refractivity contribution in [2.45, 2.75) is 25.3 Å². The molecule has 2 N–H and O–H groups in total. The summed E-state index contributed by atoms with van der Waals surface area (Å²) in [6.07, 6.45) is 6.45. The third-order valence-electron chi connectivity index (χ3n) is 3.05. The van der Waals surface area contributed by atoms with Gasteiger partial charge in [0.25, 0.3) is 0 Å². The van der Waals surface area contributed by atoms with Gasteiger partial charge >= 0.3 is 6.09 Å². The van der Waals surface area contributed by atoms with Gasteiger partial charge in [-0.05, 0) is 18.8 Å². The monoisotopic (exact) mass is 268 g/mol. The van der Waals surface area contributed by atoms with Crippen molar-refractivity contribution in [3.05, 3.63) is 0 Å². The molecule has 0 radical (unpaired) electrons. The van der Waals surface area contributed by atoms with Gasteiger partial charge < -0.3 is 20.1 Å². The number of ether oxygens (including phenoxy) is 2. The number of alkyl carbamates (subject to hydrolysis) is 1. The first-order valence-electron chi connectivity index (χ1n) is 6.32. The van der Waals surface area contributed by atoms with Crippen molar-refractivity contribution in [3.63, 3.8) is 0 Å². The van der Waals surface area contributed by atoms with Crippen LogP contribution in [0.2, 0.25) is 0 Å². The summed E-state index contributed by atoms with van der Waals surface area (Å²) in [6, 6.07) is -0.603. The lowest BCUT2D eigenvalue weighted by molar-refractivity contribution is -0.125. The van der Waals surface area contributed by atoms with E-state index >= 15 is 0 Å². The van der Waals surface area contributed by atoms with Gasteiger partial charge in [0.1, 0.15) is 6.04 Å². The maximum atomic E-state index is 12.1. The summed E-state index contributed by atoms with van der Waals surface area (Å²) in [7, 11) is 1.27. The smallest absolute Gasteiger partial charge is 0.407 e. The number of methoxy groups -OCH3 is 1. The Morgan fingerprint density at radius 2 is 2.16 bits per heavy atom. The molecule has 106 valence electrons. The van der Waals surface area contributed by atoms with Gasteiger partial charge in [0, 0.05) is 26.2 Å². The number of amides is 2. The zero-order chi connectivity index (χ0) is 14.1. The molecule has 0 spiro atoms. The first-order chi connectivity index (χ1) is 9.19. The average molecular weight is 268 g/mol. The zero-order valence-corrected chi connectivity index (χ0v) is 11.1. The minimum atomic E-state index is -0.608. The van der Waals surface area contributed by atoms with Crippen molar-refractivity contribution in [2.24, 2.45) is 5.92 Å². The van der Waals surface area contributed by atoms with E-state index in [1.165, 1.54) is 7.11 Å². The maximum absolute atomic E-state index is 12.1. The van der Waals surface area contributed by atoms with Crippen LogP contribution < -0.4 is 10.6 Å². The second kappa shape index (κ2) is 8.38. The summed E-state index contributed by atoms with van der Waals surface area (Å²) in [5, 5.41) is 5.30. The largest absolute Gasteiger partial charge is 0.453 e. The van der Waals surface area contributed by atoms with Gasteiger partial charge in [-0.3, -0.25) is 4.79 Å². The van der Waals surface area contributed by atoms with Gasteiger partial charge in [-0.25, -0.2) is 4.79 Å². The first-order valence-corrected chi connectivity index (χ1v) is 6.32. The molecule has 0 saturated carbocycles. The van der Waals surface area contributed by atoms with Crippen LogP contribution >= 0.6 is 0 Å². The van der Waals surface area contributed by atoms with Gasteiger partial charge in [-0.15, -0.1) is 12.3 Å².